The molecule has 4 aromatic heterocycles. The summed E-state index contributed by atoms with van der Waals surface area (Å²) >= 11 is 0. The van der Waals surface area contributed by atoms with E-state index >= 15 is 0 Å². The Balaban J connectivity index is 1.50. The fourth-order valence-corrected chi connectivity index (χ4v) is 9.27. The molecule has 0 fully saturated rings. The number of methoxy groups -OCH3 is 4. The Labute approximate surface area is 378 Å². The number of aromatic amines is 3. The van der Waals surface area contributed by atoms with E-state index < -0.39 is 0 Å². The molecule has 1 aliphatic heterocycles. The number of hydrogen-bond acceptors (Lipinski definition) is 5. The molecule has 0 saturated heterocycles. The normalized spacial score (nSPS) is 11.9. The quantitative estimate of drug-likeness (QED) is 0.134. The second kappa shape index (κ2) is 16.6. The van der Waals surface area contributed by atoms with Gasteiger partial charge in [-0.3, -0.25) is 0 Å². The third-order valence-corrected chi connectivity index (χ3v) is 13.1. The predicted molar refractivity (Wildman–Crippen MR) is 267 cm³/mol. The van der Waals surface area contributed by atoms with Crippen molar-refractivity contribution in [3.05, 3.63) is 162 Å². The van der Waals surface area contributed by atoms with Crippen LogP contribution in [0.4, 0.5) is 0 Å². The average molecular weight is 855 g/mol. The van der Waals surface area contributed by atoms with Gasteiger partial charge in [-0.15, -0.1) is 0 Å². The van der Waals surface area contributed by atoms with E-state index in [0.717, 1.165) is 145 Å². The van der Waals surface area contributed by atoms with Crippen LogP contribution in [0.1, 0.15) is 36.4 Å². The van der Waals surface area contributed by atoms with Crippen LogP contribution in [0.25, 0.3) is 99.9 Å². The van der Waals surface area contributed by atoms with Crippen LogP contribution >= 0.6 is 0 Å². The lowest BCUT2D eigenvalue weighted by atomic mass is 9.93. The van der Waals surface area contributed by atoms with Gasteiger partial charge in [0.15, 0.2) is 0 Å². The summed E-state index contributed by atoms with van der Waals surface area (Å²) in [6, 6.07) is 48.4. The number of aromatic nitrogens is 4. The van der Waals surface area contributed by atoms with Crippen molar-refractivity contribution in [2.24, 2.45) is 0 Å². The van der Waals surface area contributed by atoms with Gasteiger partial charge in [-0.05, 0) is 138 Å². The first-order chi connectivity index (χ1) is 31.7. The summed E-state index contributed by atoms with van der Waals surface area (Å²) in [7, 11) is 6.79. The summed E-state index contributed by atoms with van der Waals surface area (Å²) in [4.78, 5) is 17.6. The van der Waals surface area contributed by atoms with Gasteiger partial charge >= 0.3 is 0 Å². The molecule has 5 heterocycles. The zero-order valence-corrected chi connectivity index (χ0v) is 37.9. The molecule has 10 rings (SSSR count). The zero-order valence-electron chi connectivity index (χ0n) is 37.9. The highest BCUT2D eigenvalue weighted by Crippen LogP contribution is 2.48. The number of ether oxygens (including phenoxy) is 4. The van der Waals surface area contributed by atoms with Crippen molar-refractivity contribution >= 4 is 44.2 Å². The minimum atomic E-state index is 0.775. The smallest absolute Gasteiger partial charge is 0.118 e. The SMILES string of the molecule is COc1ccc(-c2c(-c3ccc(OC)cc3)c3[nH]c2cc2nc(c(-c4ccccc4)c4[nH]c(cc5[nH]c3c(-c3ccc(OC)cc3)c5-c3ccc(OC)cc3)c(C)c4C)C(C)=C2C)cc1. The largest absolute Gasteiger partial charge is 0.497 e. The number of aryl methyl sites for hydroxylation is 2. The molecular formula is C57H50N4O4. The summed E-state index contributed by atoms with van der Waals surface area (Å²) < 4.78 is 22.7. The first-order valence-corrected chi connectivity index (χ1v) is 21.7. The second-order valence-corrected chi connectivity index (χ2v) is 16.5. The van der Waals surface area contributed by atoms with Crippen LogP contribution in [0.3, 0.4) is 0 Å². The van der Waals surface area contributed by atoms with E-state index in [9.17, 15) is 0 Å². The molecule has 5 aromatic carbocycles. The Hall–Kier alpha value is -7.97. The third kappa shape index (κ3) is 7.08. The van der Waals surface area contributed by atoms with Crippen molar-refractivity contribution in [2.45, 2.75) is 27.7 Å². The maximum Gasteiger partial charge on any atom is 0.118 e. The lowest BCUT2D eigenvalue weighted by Crippen LogP contribution is -1.89. The summed E-state index contributed by atoms with van der Waals surface area (Å²) in [5.74, 6) is 3.11. The van der Waals surface area contributed by atoms with Crippen molar-refractivity contribution in [1.82, 2.24) is 19.9 Å². The summed E-state index contributed by atoms with van der Waals surface area (Å²) in [6.07, 6.45) is 0. The van der Waals surface area contributed by atoms with E-state index in [2.05, 4.69) is 134 Å². The van der Waals surface area contributed by atoms with Gasteiger partial charge in [0.2, 0.25) is 0 Å². The van der Waals surface area contributed by atoms with Crippen molar-refractivity contribution in [2.75, 3.05) is 28.4 Å². The molecule has 8 bridgehead atoms. The topological polar surface area (TPSA) is 97.2 Å². The number of rotatable bonds is 9. The number of fused-ring (bicyclic) bond motifs is 9. The molecule has 3 N–H and O–H groups in total. The maximum atomic E-state index is 5.70. The molecule has 0 amide bonds. The molecule has 1 aliphatic rings. The molecule has 0 radical (unpaired) electrons. The molecule has 0 unspecified atom stereocenters. The van der Waals surface area contributed by atoms with E-state index in [1.54, 1.807) is 28.4 Å². The van der Waals surface area contributed by atoms with Gasteiger partial charge in [-0.25, -0.2) is 4.98 Å². The van der Waals surface area contributed by atoms with Crippen LogP contribution < -0.4 is 18.9 Å². The molecule has 322 valence electrons. The molecular weight excluding hydrogens is 805 g/mol. The van der Waals surface area contributed by atoms with Gasteiger partial charge in [-0.1, -0.05) is 78.9 Å². The Morgan fingerprint density at radius 1 is 0.354 bits per heavy atom. The number of hydrogen-bond donors (Lipinski definition) is 3. The van der Waals surface area contributed by atoms with Gasteiger partial charge < -0.3 is 33.9 Å². The lowest BCUT2D eigenvalue weighted by molar-refractivity contribution is 0.414. The summed E-state index contributed by atoms with van der Waals surface area (Å²) in [5, 5.41) is 0. The highest BCUT2D eigenvalue weighted by atomic mass is 16.5. The van der Waals surface area contributed by atoms with E-state index in [1.165, 1.54) is 0 Å². The van der Waals surface area contributed by atoms with E-state index in [1.807, 2.05) is 48.5 Å². The molecule has 9 aromatic rings. The summed E-state index contributed by atoms with van der Waals surface area (Å²) in [6.45, 7) is 8.77. The molecule has 0 spiro atoms. The number of benzene rings is 5. The lowest BCUT2D eigenvalue weighted by Gasteiger charge is -2.11. The van der Waals surface area contributed by atoms with Gasteiger partial charge in [0.1, 0.15) is 23.0 Å². The van der Waals surface area contributed by atoms with Crippen LogP contribution in [-0.2, 0) is 0 Å². The molecule has 0 atom stereocenters. The highest BCUT2D eigenvalue weighted by molar-refractivity contribution is 6.15. The molecule has 8 nitrogen and oxygen atoms in total. The van der Waals surface area contributed by atoms with Crippen LogP contribution in [0.2, 0.25) is 0 Å². The molecule has 8 heteroatoms. The minimum Gasteiger partial charge on any atom is -0.497 e. The summed E-state index contributed by atoms with van der Waals surface area (Å²) in [5.41, 5.74) is 22.5. The van der Waals surface area contributed by atoms with E-state index in [0.29, 0.717) is 0 Å². The standard InChI is InChI=1S/C57H50N4O4/c1-32-34(3)54-53(36-12-10-9-11-13-36)55-35(4)33(2)46(59-55)31-48-50(38-16-24-42(63-6)25-17-38)52(40-20-28-44(65-8)29-21-40)57(61-48)56-51(39-18-26-43(64-7)27-19-39)49(47(60-56)30-45(32)58-54)37-14-22-41(62-5)23-15-37/h9-31,58,60-61H,1-8H3. The fraction of sp³-hybridized carbons (Fsp3) is 0.140. The Bertz CT molecular complexity index is 3410. The van der Waals surface area contributed by atoms with E-state index in [4.69, 9.17) is 23.9 Å². The van der Waals surface area contributed by atoms with Crippen LogP contribution in [0.5, 0.6) is 23.0 Å². The van der Waals surface area contributed by atoms with Gasteiger partial charge in [0, 0.05) is 44.4 Å². The van der Waals surface area contributed by atoms with Crippen LogP contribution in [0, 0.1) is 13.8 Å². The minimum absolute atomic E-state index is 0.775. The zero-order chi connectivity index (χ0) is 44.9. The molecule has 65 heavy (non-hydrogen) atoms. The first-order valence-electron chi connectivity index (χ1n) is 21.7. The Morgan fingerprint density at radius 2 is 0.738 bits per heavy atom. The number of nitrogens with one attached hydrogen (secondary N) is 3. The number of nitrogens with zero attached hydrogens (tertiary/aromatic N) is 1. The number of allylic oxidation sites excluding steroid dienone is 2. The van der Waals surface area contributed by atoms with Crippen LogP contribution in [0.15, 0.2) is 140 Å². The Morgan fingerprint density at radius 3 is 1.17 bits per heavy atom. The number of H-pyrrole nitrogens is 3. The third-order valence-electron chi connectivity index (χ3n) is 13.1. The van der Waals surface area contributed by atoms with Crippen molar-refractivity contribution in [3.63, 3.8) is 0 Å². The van der Waals surface area contributed by atoms with Gasteiger partial charge in [0.25, 0.3) is 0 Å². The highest BCUT2D eigenvalue weighted by Gasteiger charge is 2.25. The van der Waals surface area contributed by atoms with Crippen LogP contribution in [-0.4, -0.2) is 48.4 Å². The predicted octanol–water partition coefficient (Wildman–Crippen LogP) is 14.5. The van der Waals surface area contributed by atoms with Gasteiger partial charge in [0.05, 0.1) is 56.4 Å². The Kier molecular flexibility index (Phi) is 10.5. The molecule has 0 aliphatic carbocycles. The van der Waals surface area contributed by atoms with E-state index in [-0.39, 0.29) is 0 Å². The monoisotopic (exact) mass is 854 g/mol. The van der Waals surface area contributed by atoms with Crippen molar-refractivity contribution in [3.8, 4) is 78.6 Å². The average Bonchev–Trinajstić information content (AvgIpc) is 4.07. The maximum absolute atomic E-state index is 5.70. The second-order valence-electron chi connectivity index (χ2n) is 16.5. The van der Waals surface area contributed by atoms with Crippen molar-refractivity contribution in [1.29, 1.82) is 0 Å². The van der Waals surface area contributed by atoms with Gasteiger partial charge in [-0.2, -0.15) is 0 Å². The first kappa shape index (κ1) is 41.1. The van der Waals surface area contributed by atoms with Crippen molar-refractivity contribution < 1.29 is 18.9 Å². The fourth-order valence-electron chi connectivity index (χ4n) is 9.27. The molecule has 0 saturated carbocycles.